The molecule has 0 bridgehead atoms. The monoisotopic (exact) mass is 525 g/mol. The lowest BCUT2D eigenvalue weighted by Crippen LogP contribution is -2.42. The van der Waals surface area contributed by atoms with Crippen LogP contribution in [0.2, 0.25) is 0 Å². The summed E-state index contributed by atoms with van der Waals surface area (Å²) in [6.45, 7) is 6.45. The molecule has 0 aromatic heterocycles. The second kappa shape index (κ2) is 14.6. The minimum Gasteiger partial charge on any atom is -0.495 e. The molecule has 11 heteroatoms. The topological polar surface area (TPSA) is 132 Å². The molecule has 1 aliphatic rings. The van der Waals surface area contributed by atoms with Gasteiger partial charge in [0.2, 0.25) is 0 Å². The van der Waals surface area contributed by atoms with Crippen LogP contribution in [0.4, 0.5) is 21.0 Å². The van der Waals surface area contributed by atoms with Crippen molar-refractivity contribution in [1.82, 2.24) is 15.1 Å². The average molecular weight is 526 g/mol. The number of urea groups is 1. The van der Waals surface area contributed by atoms with Gasteiger partial charge in [0.15, 0.2) is 5.88 Å². The number of nitrogens with zero attached hydrogens (tertiary/aromatic N) is 2. The van der Waals surface area contributed by atoms with Crippen molar-refractivity contribution >= 4 is 29.4 Å². The number of hydrogen-bond donors (Lipinski definition) is 4. The predicted molar refractivity (Wildman–Crippen MR) is 144 cm³/mol. The number of para-hydroxylation sites is 2. The number of ether oxygens (including phenoxy) is 2. The number of morpholine rings is 1. The molecule has 11 nitrogen and oxygen atoms in total. The maximum atomic E-state index is 12.8. The van der Waals surface area contributed by atoms with Crippen LogP contribution in [-0.4, -0.2) is 79.4 Å². The Morgan fingerprint density at radius 3 is 2.34 bits per heavy atom. The van der Waals surface area contributed by atoms with Gasteiger partial charge in [-0.15, -0.1) is 0 Å². The predicted octanol–water partition coefficient (Wildman–Crippen LogP) is 3.77. The minimum atomic E-state index is -0.641. The summed E-state index contributed by atoms with van der Waals surface area (Å²) >= 11 is 0. The van der Waals surface area contributed by atoms with Crippen molar-refractivity contribution in [3.63, 3.8) is 0 Å². The van der Waals surface area contributed by atoms with Crippen molar-refractivity contribution in [1.29, 1.82) is 0 Å². The molecule has 1 heterocycles. The summed E-state index contributed by atoms with van der Waals surface area (Å²) in [4.78, 5) is 41.1. The molecule has 2 aromatic carbocycles. The molecule has 4 N–H and O–H groups in total. The molecule has 0 radical (unpaired) electrons. The first-order valence-corrected chi connectivity index (χ1v) is 12.4. The summed E-state index contributed by atoms with van der Waals surface area (Å²) in [6, 6.07) is 13.3. The number of methoxy groups -OCH3 is 1. The number of nitrogens with one attached hydrogen (secondary N) is 3. The number of aliphatic hydroxyl groups excluding tert-OH is 1. The van der Waals surface area contributed by atoms with E-state index in [-0.39, 0.29) is 11.8 Å². The summed E-state index contributed by atoms with van der Waals surface area (Å²) in [5, 5.41) is 17.6. The molecular weight excluding hydrogens is 490 g/mol. The van der Waals surface area contributed by atoms with Crippen LogP contribution in [0.3, 0.4) is 0 Å². The van der Waals surface area contributed by atoms with Crippen molar-refractivity contribution in [2.45, 2.75) is 19.9 Å². The molecule has 3 rings (SSSR count). The van der Waals surface area contributed by atoms with Gasteiger partial charge in [-0.3, -0.25) is 20.3 Å². The van der Waals surface area contributed by atoms with Crippen LogP contribution >= 0.6 is 0 Å². The zero-order chi connectivity index (χ0) is 27.3. The van der Waals surface area contributed by atoms with Gasteiger partial charge in [0, 0.05) is 38.3 Å². The summed E-state index contributed by atoms with van der Waals surface area (Å²) in [7, 11) is 1.26. The van der Waals surface area contributed by atoms with Crippen molar-refractivity contribution in [3.05, 3.63) is 71.6 Å². The highest BCUT2D eigenvalue weighted by Gasteiger charge is 2.17. The zero-order valence-electron chi connectivity index (χ0n) is 21.7. The van der Waals surface area contributed by atoms with E-state index >= 15 is 0 Å². The van der Waals surface area contributed by atoms with E-state index < -0.39 is 12.1 Å². The number of rotatable bonds is 10. The Hall–Kier alpha value is -4.09. The van der Waals surface area contributed by atoms with Gasteiger partial charge in [0.25, 0.3) is 5.91 Å². The third kappa shape index (κ3) is 8.79. The largest absolute Gasteiger partial charge is 0.495 e. The van der Waals surface area contributed by atoms with Gasteiger partial charge in [-0.25, -0.2) is 9.59 Å². The number of carbonyl (C=O) groups is 3. The lowest BCUT2D eigenvalue weighted by atomic mass is 10.1. The molecule has 1 fully saturated rings. The molecule has 4 amide bonds. The SMILES string of the molecule is C/C=C(\O)NC(=O)N(CCCN1CCOCC1)Cc1ccc(C(=O)Nc2ccccc2NC(=O)OC)cc1. The van der Waals surface area contributed by atoms with Crippen LogP contribution in [0.15, 0.2) is 60.5 Å². The van der Waals surface area contributed by atoms with E-state index in [4.69, 9.17) is 4.74 Å². The Labute approximate surface area is 222 Å². The Kier molecular flexibility index (Phi) is 10.9. The summed E-state index contributed by atoms with van der Waals surface area (Å²) in [5.41, 5.74) is 2.08. The van der Waals surface area contributed by atoms with E-state index in [2.05, 4.69) is 25.6 Å². The zero-order valence-corrected chi connectivity index (χ0v) is 21.7. The van der Waals surface area contributed by atoms with Gasteiger partial charge in [-0.2, -0.15) is 0 Å². The Balaban J connectivity index is 1.63. The molecule has 1 saturated heterocycles. The fraction of sp³-hybridized carbons (Fsp3) is 0.370. The van der Waals surface area contributed by atoms with Crippen molar-refractivity contribution in [3.8, 4) is 0 Å². The molecule has 0 spiro atoms. The highest BCUT2D eigenvalue weighted by molar-refractivity contribution is 6.06. The van der Waals surface area contributed by atoms with Crippen LogP contribution in [0.5, 0.6) is 0 Å². The number of amides is 4. The number of anilines is 2. The summed E-state index contributed by atoms with van der Waals surface area (Å²) < 4.78 is 10.0. The first-order chi connectivity index (χ1) is 18.4. The van der Waals surface area contributed by atoms with Crippen LogP contribution in [0, 0.1) is 0 Å². The Bertz CT molecular complexity index is 1120. The third-order valence-corrected chi connectivity index (χ3v) is 5.99. The normalized spacial score (nSPS) is 13.9. The van der Waals surface area contributed by atoms with E-state index in [1.165, 1.54) is 13.2 Å². The molecule has 0 saturated carbocycles. The van der Waals surface area contributed by atoms with Crippen molar-refractivity contribution in [2.24, 2.45) is 0 Å². The molecular formula is C27H35N5O6. The molecule has 0 unspecified atom stereocenters. The van der Waals surface area contributed by atoms with Crippen LogP contribution in [0.1, 0.15) is 29.3 Å². The van der Waals surface area contributed by atoms with Gasteiger partial charge < -0.3 is 24.8 Å². The molecule has 0 aliphatic carbocycles. The number of hydrogen-bond acceptors (Lipinski definition) is 7. The smallest absolute Gasteiger partial charge is 0.411 e. The van der Waals surface area contributed by atoms with Gasteiger partial charge in [-0.1, -0.05) is 24.3 Å². The maximum Gasteiger partial charge on any atom is 0.411 e. The van der Waals surface area contributed by atoms with Crippen molar-refractivity contribution in [2.75, 3.05) is 57.1 Å². The van der Waals surface area contributed by atoms with Crippen LogP contribution in [-0.2, 0) is 16.0 Å². The standard InChI is InChI=1S/C27H35N5O6/c1-3-24(33)30-26(35)32(14-6-13-31-15-17-38-18-16-31)19-20-9-11-21(12-10-20)25(34)28-22-7-4-5-8-23(22)29-27(36)37-2/h3-5,7-12,33H,6,13-19H2,1-2H3,(H,28,34)(H,29,36)(H,30,35)/b24-3-. The Morgan fingerprint density at radius 2 is 1.71 bits per heavy atom. The summed E-state index contributed by atoms with van der Waals surface area (Å²) in [6.07, 6.45) is 1.54. The molecule has 2 aromatic rings. The van der Waals surface area contributed by atoms with Gasteiger partial charge in [0.1, 0.15) is 0 Å². The highest BCUT2D eigenvalue weighted by Crippen LogP contribution is 2.22. The number of allylic oxidation sites excluding steroid dienone is 1. The van der Waals surface area contributed by atoms with Gasteiger partial charge in [-0.05, 0) is 49.2 Å². The lowest BCUT2D eigenvalue weighted by molar-refractivity contribution is 0.0364. The quantitative estimate of drug-likeness (QED) is 0.347. The second-order valence-electron chi connectivity index (χ2n) is 8.65. The van der Waals surface area contributed by atoms with Crippen LogP contribution < -0.4 is 16.0 Å². The number of aliphatic hydroxyl groups is 1. The van der Waals surface area contributed by atoms with Gasteiger partial charge in [0.05, 0.1) is 31.7 Å². The van der Waals surface area contributed by atoms with E-state index in [1.54, 1.807) is 60.4 Å². The molecule has 0 atom stereocenters. The van der Waals surface area contributed by atoms with E-state index in [0.29, 0.717) is 43.2 Å². The van der Waals surface area contributed by atoms with Crippen molar-refractivity contribution < 1.29 is 29.0 Å². The fourth-order valence-corrected chi connectivity index (χ4v) is 3.86. The Morgan fingerprint density at radius 1 is 1.05 bits per heavy atom. The molecule has 204 valence electrons. The molecule has 1 aliphatic heterocycles. The minimum absolute atomic E-state index is 0.206. The third-order valence-electron chi connectivity index (χ3n) is 5.99. The first-order valence-electron chi connectivity index (χ1n) is 12.4. The number of carbonyl (C=O) groups excluding carboxylic acids is 3. The first kappa shape index (κ1) is 28.5. The van der Waals surface area contributed by atoms with E-state index in [0.717, 1.165) is 31.6 Å². The van der Waals surface area contributed by atoms with Crippen LogP contribution in [0.25, 0.3) is 0 Å². The fourth-order valence-electron chi connectivity index (χ4n) is 3.86. The second-order valence-corrected chi connectivity index (χ2v) is 8.65. The van der Waals surface area contributed by atoms with E-state index in [1.807, 2.05) is 0 Å². The average Bonchev–Trinajstić information content (AvgIpc) is 2.94. The van der Waals surface area contributed by atoms with Gasteiger partial charge >= 0.3 is 12.1 Å². The highest BCUT2D eigenvalue weighted by atomic mass is 16.5. The maximum absolute atomic E-state index is 12.8. The summed E-state index contributed by atoms with van der Waals surface area (Å²) in [5.74, 6) is -0.559. The molecule has 38 heavy (non-hydrogen) atoms. The lowest BCUT2D eigenvalue weighted by Gasteiger charge is -2.28. The van der Waals surface area contributed by atoms with E-state index in [9.17, 15) is 19.5 Å². The number of benzene rings is 2.